The summed E-state index contributed by atoms with van der Waals surface area (Å²) >= 11 is 0. The first kappa shape index (κ1) is 45.4. The highest BCUT2D eigenvalue weighted by Gasteiger charge is 2.66. The lowest BCUT2D eigenvalue weighted by Gasteiger charge is -2.53. The molecule has 0 saturated carbocycles. The average Bonchev–Trinajstić information content (AvgIpc) is 2.95. The van der Waals surface area contributed by atoms with Crippen LogP contribution in [0.5, 0.6) is 0 Å². The van der Waals surface area contributed by atoms with Crippen LogP contribution in [0.3, 0.4) is 0 Å². The minimum Gasteiger partial charge on any atom is -0.420 e. The van der Waals surface area contributed by atoms with Crippen molar-refractivity contribution in [2.75, 3.05) is 26.4 Å². The summed E-state index contributed by atoms with van der Waals surface area (Å²) in [5.74, 6) is -1.70. The van der Waals surface area contributed by atoms with Gasteiger partial charge in [0.25, 0.3) is 15.4 Å². The van der Waals surface area contributed by atoms with Crippen LogP contribution in [0.4, 0.5) is 0 Å². The number of ether oxygens (including phenoxy) is 8. The number of unbranched alkanes of at least 4 members (excludes halogenated alkanes) is 4. The van der Waals surface area contributed by atoms with Crippen molar-refractivity contribution in [2.24, 2.45) is 0 Å². The van der Waals surface area contributed by atoms with E-state index in [1.165, 1.54) is 0 Å². The maximum atomic E-state index is 6.96. The van der Waals surface area contributed by atoms with Gasteiger partial charge in [0, 0.05) is 26.4 Å². The van der Waals surface area contributed by atoms with Gasteiger partial charge in [0.1, 0.15) is 0 Å². The van der Waals surface area contributed by atoms with E-state index in [2.05, 4.69) is 27.7 Å². The molecule has 47 heavy (non-hydrogen) atoms. The summed E-state index contributed by atoms with van der Waals surface area (Å²) in [7, 11) is -10.2. The van der Waals surface area contributed by atoms with Gasteiger partial charge in [0.05, 0.1) is 0 Å². The molecule has 1 aliphatic rings. The van der Waals surface area contributed by atoms with Gasteiger partial charge in [-0.3, -0.25) is 0 Å². The molecule has 0 amide bonds. The van der Waals surface area contributed by atoms with Crippen molar-refractivity contribution in [3.05, 3.63) is 0 Å². The van der Waals surface area contributed by atoms with Gasteiger partial charge >= 0.3 is 26.4 Å². The fourth-order valence-corrected chi connectivity index (χ4v) is 19.2. The van der Waals surface area contributed by atoms with Gasteiger partial charge in [0.2, 0.25) is 5.79 Å². The van der Waals surface area contributed by atoms with Crippen LogP contribution in [0, 0.1) is 0 Å². The van der Waals surface area contributed by atoms with Crippen LogP contribution >= 0.6 is 0 Å². The monoisotopic (exact) mass is 746 g/mol. The molecular weight excluding hydrogens is 677 g/mol. The number of hydrogen-bond donors (Lipinski definition) is 0. The average molecular weight is 747 g/mol. The standard InChI is InChI=1S/C31H70O12Si4/c1-14-18-22-32-26(5)36-30(9,37-27(6)33-23-19-15-2)31(38-28(7)34-24-20-16-3,39-29(8)35-25-21-17-4)45-40-44-41-46(10,11)43-47(12,13)42-45/h26-29,45H,14-25,44H2,1-13H3. The molecule has 12 nitrogen and oxygen atoms in total. The van der Waals surface area contributed by atoms with Gasteiger partial charge < -0.3 is 54.4 Å². The molecule has 5 unspecified atom stereocenters. The minimum atomic E-state index is -3.21. The second-order valence-electron chi connectivity index (χ2n) is 13.0. The molecule has 1 rings (SSSR count). The lowest BCUT2D eigenvalue weighted by molar-refractivity contribution is -0.457. The van der Waals surface area contributed by atoms with Gasteiger partial charge in [0.15, 0.2) is 25.2 Å². The molecule has 0 radical (unpaired) electrons. The van der Waals surface area contributed by atoms with E-state index in [0.29, 0.717) is 26.4 Å². The summed E-state index contributed by atoms with van der Waals surface area (Å²) < 4.78 is 78.5. The summed E-state index contributed by atoms with van der Waals surface area (Å²) in [5, 5.41) is 0. The second-order valence-corrected chi connectivity index (χ2v) is 24.5. The molecule has 0 aromatic heterocycles. The van der Waals surface area contributed by atoms with Gasteiger partial charge in [-0.25, -0.2) is 0 Å². The van der Waals surface area contributed by atoms with E-state index < -0.39 is 72.8 Å². The lowest BCUT2D eigenvalue weighted by atomic mass is 10.2. The second kappa shape index (κ2) is 23.0. The van der Waals surface area contributed by atoms with E-state index >= 15 is 0 Å². The Morgan fingerprint density at radius 3 is 1.32 bits per heavy atom. The molecule has 1 fully saturated rings. The molecule has 1 heterocycles. The molecule has 282 valence electrons. The van der Waals surface area contributed by atoms with E-state index in [0.717, 1.165) is 51.4 Å². The summed E-state index contributed by atoms with van der Waals surface area (Å²) in [6.07, 6.45) is 4.49. The van der Waals surface area contributed by atoms with E-state index in [4.69, 9.17) is 54.4 Å². The zero-order valence-corrected chi connectivity index (χ0v) is 36.5. The molecule has 0 N–H and O–H groups in total. The summed E-state index contributed by atoms with van der Waals surface area (Å²) in [6, 6.07) is 0. The van der Waals surface area contributed by atoms with Crippen molar-refractivity contribution in [3.8, 4) is 0 Å². The van der Waals surface area contributed by atoms with Crippen LogP contribution in [0.2, 0.25) is 26.2 Å². The van der Waals surface area contributed by atoms with Crippen molar-refractivity contribution in [1.29, 1.82) is 0 Å². The van der Waals surface area contributed by atoms with E-state index in [1.807, 2.05) is 53.9 Å². The van der Waals surface area contributed by atoms with Crippen LogP contribution in [-0.2, 0) is 54.4 Å². The number of hydrogen-bond acceptors (Lipinski definition) is 12. The maximum Gasteiger partial charge on any atom is 0.374 e. The van der Waals surface area contributed by atoms with Gasteiger partial charge in [-0.05, 0) is 86.5 Å². The molecule has 0 aromatic carbocycles. The first-order valence-corrected chi connectivity index (χ1v) is 26.2. The van der Waals surface area contributed by atoms with E-state index in [1.54, 1.807) is 6.92 Å². The third-order valence-electron chi connectivity index (χ3n) is 7.32. The van der Waals surface area contributed by atoms with Crippen LogP contribution in [0.15, 0.2) is 0 Å². The minimum absolute atomic E-state index is 0.497. The third-order valence-corrected chi connectivity index (χ3v) is 20.8. The van der Waals surface area contributed by atoms with Crippen molar-refractivity contribution in [2.45, 2.75) is 176 Å². The fraction of sp³-hybridized carbons (Fsp3) is 1.00. The first-order chi connectivity index (χ1) is 22.1. The first-order valence-electron chi connectivity index (χ1n) is 17.9. The van der Waals surface area contributed by atoms with Crippen LogP contribution in [0.1, 0.15) is 114 Å². The van der Waals surface area contributed by atoms with Crippen molar-refractivity contribution in [1.82, 2.24) is 0 Å². The molecule has 0 bridgehead atoms. The van der Waals surface area contributed by atoms with Crippen molar-refractivity contribution >= 4 is 36.4 Å². The van der Waals surface area contributed by atoms with Crippen LogP contribution in [-0.4, -0.2) is 99.2 Å². The Morgan fingerprint density at radius 1 is 0.596 bits per heavy atom. The fourth-order valence-electron chi connectivity index (χ4n) is 4.96. The highest BCUT2D eigenvalue weighted by Crippen LogP contribution is 2.42. The molecule has 1 saturated heterocycles. The normalized spacial score (nSPS) is 24.1. The molecule has 1 aliphatic heterocycles. The summed E-state index contributed by atoms with van der Waals surface area (Å²) in [4.78, 5) is 0. The van der Waals surface area contributed by atoms with Crippen molar-refractivity contribution < 1.29 is 54.4 Å². The zero-order valence-electron chi connectivity index (χ0n) is 32.0. The number of rotatable bonds is 26. The maximum absolute atomic E-state index is 6.96. The highest BCUT2D eigenvalue weighted by atomic mass is 28.5. The quantitative estimate of drug-likeness (QED) is 0.0558. The smallest absolute Gasteiger partial charge is 0.374 e. The SMILES string of the molecule is CCCCOC(C)OC(C)(OC(C)OCCCC)C(OC(C)OCCCC)(OC(C)OCCCC)[SiH]1O[SiH2]O[Si](C)(C)O[Si](C)(C)O1. The predicted molar refractivity (Wildman–Crippen MR) is 192 cm³/mol. The molecule has 5 atom stereocenters. The predicted octanol–water partition coefficient (Wildman–Crippen LogP) is 6.36. The molecule has 0 spiro atoms. The van der Waals surface area contributed by atoms with E-state index in [-0.39, 0.29) is 0 Å². The van der Waals surface area contributed by atoms with Crippen LogP contribution < -0.4 is 0 Å². The van der Waals surface area contributed by atoms with Gasteiger partial charge in [-0.1, -0.05) is 53.4 Å². The molecular formula is C31H70O12Si4. The third kappa shape index (κ3) is 17.0. The Bertz CT molecular complexity index is 776. The summed E-state index contributed by atoms with van der Waals surface area (Å²) in [5.41, 5.74) is -1.80. The van der Waals surface area contributed by atoms with E-state index in [9.17, 15) is 0 Å². The lowest BCUT2D eigenvalue weighted by Crippen LogP contribution is -2.74. The zero-order chi connectivity index (χ0) is 35.6. The Hall–Kier alpha value is 0.388. The summed E-state index contributed by atoms with van der Waals surface area (Å²) in [6.45, 7) is 27.6. The van der Waals surface area contributed by atoms with Gasteiger partial charge in [-0.2, -0.15) is 0 Å². The van der Waals surface area contributed by atoms with Crippen LogP contribution in [0.25, 0.3) is 0 Å². The largest absolute Gasteiger partial charge is 0.420 e. The Balaban J connectivity index is 3.88. The molecule has 0 aromatic rings. The topological polar surface area (TPSA) is 111 Å². The van der Waals surface area contributed by atoms with Crippen molar-refractivity contribution in [3.63, 3.8) is 0 Å². The molecule has 16 heteroatoms. The molecule has 0 aliphatic carbocycles. The Morgan fingerprint density at radius 2 is 0.957 bits per heavy atom. The van der Waals surface area contributed by atoms with Gasteiger partial charge in [-0.15, -0.1) is 0 Å². The highest BCUT2D eigenvalue weighted by molar-refractivity contribution is 6.84. The Kier molecular flexibility index (Phi) is 22.3. The Labute approximate surface area is 292 Å².